The van der Waals surface area contributed by atoms with Crippen molar-refractivity contribution in [2.75, 3.05) is 12.0 Å². The van der Waals surface area contributed by atoms with Gasteiger partial charge in [0.2, 0.25) is 0 Å². The van der Waals surface area contributed by atoms with Gasteiger partial charge in [-0.05, 0) is 31.4 Å². The summed E-state index contributed by atoms with van der Waals surface area (Å²) >= 11 is 0. The van der Waals surface area contributed by atoms with E-state index in [1.807, 2.05) is 0 Å². The summed E-state index contributed by atoms with van der Waals surface area (Å²) in [6.45, 7) is 0. The van der Waals surface area contributed by atoms with Crippen molar-refractivity contribution in [3.63, 3.8) is 0 Å². The number of benzene rings is 1. The van der Waals surface area contributed by atoms with Gasteiger partial charge in [0.05, 0.1) is 10.9 Å². The standard InChI is InChI=1S/C14H19NO5S/c1-21(18,19)10-5-2-4-9(8-10)20-13-11(14(16)17)6-3-7-12(13)15/h3,6-7,9-10H,2,4-5,8,15H2,1H3,(H,16,17). The van der Waals surface area contributed by atoms with Crippen molar-refractivity contribution in [3.05, 3.63) is 23.8 Å². The van der Waals surface area contributed by atoms with Gasteiger partial charge in [-0.15, -0.1) is 0 Å². The summed E-state index contributed by atoms with van der Waals surface area (Å²) in [5.41, 5.74) is 6.03. The molecule has 0 saturated heterocycles. The van der Waals surface area contributed by atoms with Crippen LogP contribution in [0.2, 0.25) is 0 Å². The maximum atomic E-state index is 11.7. The van der Waals surface area contributed by atoms with E-state index in [2.05, 4.69) is 0 Å². The van der Waals surface area contributed by atoms with Crippen LogP contribution in [0.1, 0.15) is 36.0 Å². The van der Waals surface area contributed by atoms with E-state index < -0.39 is 21.1 Å². The van der Waals surface area contributed by atoms with E-state index in [-0.39, 0.29) is 23.1 Å². The average Bonchev–Trinajstić information content (AvgIpc) is 2.40. The largest absolute Gasteiger partial charge is 0.487 e. The molecule has 1 saturated carbocycles. The van der Waals surface area contributed by atoms with E-state index in [0.29, 0.717) is 19.3 Å². The van der Waals surface area contributed by atoms with E-state index >= 15 is 0 Å². The topological polar surface area (TPSA) is 107 Å². The zero-order chi connectivity index (χ0) is 15.6. The fourth-order valence-corrected chi connectivity index (χ4v) is 3.78. The molecule has 1 aliphatic carbocycles. The normalized spacial score (nSPS) is 22.7. The molecule has 0 radical (unpaired) electrons. The molecular weight excluding hydrogens is 294 g/mol. The van der Waals surface area contributed by atoms with E-state index in [4.69, 9.17) is 15.6 Å². The zero-order valence-electron chi connectivity index (χ0n) is 11.8. The lowest BCUT2D eigenvalue weighted by molar-refractivity contribution is 0.0686. The van der Waals surface area contributed by atoms with Crippen LogP contribution in [0.5, 0.6) is 5.75 Å². The first-order valence-corrected chi connectivity index (χ1v) is 8.72. The van der Waals surface area contributed by atoms with Gasteiger partial charge in [-0.2, -0.15) is 0 Å². The van der Waals surface area contributed by atoms with Crippen LogP contribution in [0.15, 0.2) is 18.2 Å². The first-order valence-electron chi connectivity index (χ1n) is 6.76. The van der Waals surface area contributed by atoms with Gasteiger partial charge >= 0.3 is 5.97 Å². The smallest absolute Gasteiger partial charge is 0.339 e. The van der Waals surface area contributed by atoms with Gasteiger partial charge in [-0.3, -0.25) is 0 Å². The second-order valence-corrected chi connectivity index (χ2v) is 7.71. The molecule has 2 rings (SSSR count). The third-order valence-corrected chi connectivity index (χ3v) is 5.38. The molecule has 1 fully saturated rings. The van der Waals surface area contributed by atoms with Crippen molar-refractivity contribution >= 4 is 21.5 Å². The van der Waals surface area contributed by atoms with Crippen LogP contribution in [-0.2, 0) is 9.84 Å². The number of sulfone groups is 1. The van der Waals surface area contributed by atoms with Crippen LogP contribution in [0.4, 0.5) is 5.69 Å². The summed E-state index contributed by atoms with van der Waals surface area (Å²) in [7, 11) is -3.12. The molecule has 0 spiro atoms. The highest BCUT2D eigenvalue weighted by Crippen LogP contribution is 2.32. The number of hydrogen-bond acceptors (Lipinski definition) is 5. The number of ether oxygens (including phenoxy) is 1. The lowest BCUT2D eigenvalue weighted by Crippen LogP contribution is -2.33. The van der Waals surface area contributed by atoms with Crippen LogP contribution in [0.25, 0.3) is 0 Å². The summed E-state index contributed by atoms with van der Waals surface area (Å²) in [6.07, 6.45) is 3.30. The minimum Gasteiger partial charge on any atom is -0.487 e. The molecule has 7 heteroatoms. The minimum atomic E-state index is -3.12. The SMILES string of the molecule is CS(=O)(=O)C1CCCC(Oc2c(N)cccc2C(=O)O)C1. The van der Waals surface area contributed by atoms with E-state index in [9.17, 15) is 13.2 Å². The van der Waals surface area contributed by atoms with Crippen LogP contribution in [-0.4, -0.2) is 37.1 Å². The molecule has 2 atom stereocenters. The summed E-state index contributed by atoms with van der Waals surface area (Å²) < 4.78 is 29.0. The third-order valence-electron chi connectivity index (χ3n) is 3.74. The predicted octanol–water partition coefficient (Wildman–Crippen LogP) is 1.70. The molecule has 3 N–H and O–H groups in total. The minimum absolute atomic E-state index is 0.00326. The Morgan fingerprint density at radius 3 is 2.71 bits per heavy atom. The maximum absolute atomic E-state index is 11.7. The Hall–Kier alpha value is -1.76. The van der Waals surface area contributed by atoms with Gasteiger partial charge in [0.15, 0.2) is 5.75 Å². The molecule has 0 aromatic heterocycles. The van der Waals surface area contributed by atoms with Gasteiger partial charge in [0.25, 0.3) is 0 Å². The first kappa shape index (κ1) is 15.6. The molecular formula is C14H19NO5S. The molecule has 1 aromatic rings. The van der Waals surface area contributed by atoms with Gasteiger partial charge in [-0.25, -0.2) is 13.2 Å². The number of hydrogen-bond donors (Lipinski definition) is 2. The van der Waals surface area contributed by atoms with Gasteiger partial charge in [-0.1, -0.05) is 6.07 Å². The van der Waals surface area contributed by atoms with Gasteiger partial charge in [0, 0.05) is 12.7 Å². The summed E-state index contributed by atoms with van der Waals surface area (Å²) in [5.74, 6) is -0.989. The molecule has 2 unspecified atom stereocenters. The molecule has 21 heavy (non-hydrogen) atoms. The molecule has 0 amide bonds. The summed E-state index contributed by atoms with van der Waals surface area (Å²) in [5, 5.41) is 8.73. The maximum Gasteiger partial charge on any atom is 0.339 e. The Kier molecular flexibility index (Phi) is 4.41. The molecule has 1 aliphatic rings. The fraction of sp³-hybridized carbons (Fsp3) is 0.500. The Bertz CT molecular complexity index is 641. The quantitative estimate of drug-likeness (QED) is 0.819. The summed E-state index contributed by atoms with van der Waals surface area (Å²) in [4.78, 5) is 11.2. The second kappa shape index (κ2) is 5.93. The number of para-hydroxylation sites is 1. The van der Waals surface area contributed by atoms with Crippen molar-refractivity contribution in [1.82, 2.24) is 0 Å². The molecule has 0 aliphatic heterocycles. The average molecular weight is 313 g/mol. The third kappa shape index (κ3) is 3.66. The molecule has 0 bridgehead atoms. The second-order valence-electron chi connectivity index (χ2n) is 5.39. The Morgan fingerprint density at radius 2 is 2.10 bits per heavy atom. The highest BCUT2D eigenvalue weighted by molar-refractivity contribution is 7.91. The van der Waals surface area contributed by atoms with E-state index in [0.717, 1.165) is 6.42 Å². The molecule has 1 aromatic carbocycles. The lowest BCUT2D eigenvalue weighted by atomic mass is 9.97. The predicted molar refractivity (Wildman–Crippen MR) is 79.3 cm³/mol. The highest BCUT2D eigenvalue weighted by Gasteiger charge is 2.31. The van der Waals surface area contributed by atoms with Crippen LogP contribution < -0.4 is 10.5 Å². The number of carboxylic acid groups (broad SMARTS) is 1. The van der Waals surface area contributed by atoms with Crippen molar-refractivity contribution in [2.45, 2.75) is 37.0 Å². The number of carboxylic acids is 1. The van der Waals surface area contributed by atoms with E-state index in [1.165, 1.54) is 12.3 Å². The van der Waals surface area contributed by atoms with Crippen molar-refractivity contribution < 1.29 is 23.1 Å². The molecule has 0 heterocycles. The number of anilines is 1. The van der Waals surface area contributed by atoms with Crippen LogP contribution in [0.3, 0.4) is 0 Å². The monoisotopic (exact) mass is 313 g/mol. The van der Waals surface area contributed by atoms with Crippen LogP contribution in [0, 0.1) is 0 Å². The lowest BCUT2D eigenvalue weighted by Gasteiger charge is -2.29. The van der Waals surface area contributed by atoms with Crippen molar-refractivity contribution in [3.8, 4) is 5.75 Å². The molecule has 116 valence electrons. The number of nitrogens with two attached hydrogens (primary N) is 1. The zero-order valence-corrected chi connectivity index (χ0v) is 12.6. The Labute approximate surface area is 123 Å². The molecule has 6 nitrogen and oxygen atoms in total. The van der Waals surface area contributed by atoms with E-state index in [1.54, 1.807) is 12.1 Å². The highest BCUT2D eigenvalue weighted by atomic mass is 32.2. The van der Waals surface area contributed by atoms with Gasteiger partial charge < -0.3 is 15.6 Å². The van der Waals surface area contributed by atoms with Crippen molar-refractivity contribution in [1.29, 1.82) is 0 Å². The number of aromatic carboxylic acids is 1. The number of rotatable bonds is 4. The first-order chi connectivity index (χ1) is 9.79. The Balaban J connectivity index is 2.21. The van der Waals surface area contributed by atoms with Gasteiger partial charge in [0.1, 0.15) is 21.5 Å². The fourth-order valence-electron chi connectivity index (χ4n) is 2.62. The Morgan fingerprint density at radius 1 is 1.38 bits per heavy atom. The number of nitrogen functional groups attached to an aromatic ring is 1. The number of carbonyl (C=O) groups is 1. The van der Waals surface area contributed by atoms with Crippen molar-refractivity contribution in [2.24, 2.45) is 0 Å². The summed E-state index contributed by atoms with van der Waals surface area (Å²) in [6, 6.07) is 4.54. The van der Waals surface area contributed by atoms with Crippen LogP contribution >= 0.6 is 0 Å².